The molecule has 35 heteroatoms. The summed E-state index contributed by atoms with van der Waals surface area (Å²) in [7, 11) is -9.96. The molecule has 0 unspecified atom stereocenters. The Kier molecular flexibility index (Phi) is 28.9. The molecule has 0 fully saturated rings. The number of nitrogens with two attached hydrogens (primary N) is 1. The highest BCUT2D eigenvalue weighted by molar-refractivity contribution is 7.90. The van der Waals surface area contributed by atoms with Crippen LogP contribution in [0.25, 0.3) is 77.7 Å². The molecule has 2 aliphatic heterocycles. The Morgan fingerprint density at radius 3 is 1.59 bits per heavy atom. The summed E-state index contributed by atoms with van der Waals surface area (Å²) in [5.41, 5.74) is 9.71. The van der Waals surface area contributed by atoms with E-state index in [0.29, 0.717) is 48.0 Å². The van der Waals surface area contributed by atoms with Crippen LogP contribution < -0.4 is 16.6 Å². The number of sulfonamides is 2. The number of nitrogens with one attached hydrogen (secondary N) is 3. The smallest absolute Gasteiger partial charge is 0.444 e. The van der Waals surface area contributed by atoms with E-state index in [1.807, 2.05) is 96.0 Å². The lowest BCUT2D eigenvalue weighted by Crippen LogP contribution is -2.54. The number of halogens is 2. The van der Waals surface area contributed by atoms with Gasteiger partial charge in [-0.2, -0.15) is 0 Å². The average molecular weight is 1680 g/mol. The van der Waals surface area contributed by atoms with Crippen molar-refractivity contribution in [3.8, 4) is 22.5 Å². The first-order valence-corrected chi connectivity index (χ1v) is 52.0. The number of pyridine rings is 5. The van der Waals surface area contributed by atoms with Crippen molar-refractivity contribution in [3.63, 3.8) is 0 Å². The number of aromatic amines is 2. The Morgan fingerprint density at radius 1 is 0.578 bits per heavy atom. The Morgan fingerprint density at radius 2 is 1.05 bits per heavy atom. The Bertz CT molecular complexity index is 5640. The molecule has 0 radical (unpaired) electrons. The fourth-order valence-corrected chi connectivity index (χ4v) is 17.7. The van der Waals surface area contributed by atoms with E-state index in [1.54, 1.807) is 87.4 Å². The number of hydrogen-bond acceptors (Lipinski definition) is 19. The summed E-state index contributed by atoms with van der Waals surface area (Å²) in [5, 5.41) is 26.4. The van der Waals surface area contributed by atoms with Gasteiger partial charge in [-0.3, -0.25) is 5.32 Å². The van der Waals surface area contributed by atoms with E-state index in [1.165, 1.54) is 44.6 Å². The number of aliphatic imine (C=N–C) groups is 2. The van der Waals surface area contributed by atoms with Crippen LogP contribution in [0.5, 0.6) is 0 Å². The highest BCUT2D eigenvalue weighted by atomic mass is 32.2. The van der Waals surface area contributed by atoms with Gasteiger partial charge in [0, 0.05) is 145 Å². The molecular formula is C81H109BF2N16O11S2Si3. The van der Waals surface area contributed by atoms with E-state index in [9.17, 15) is 36.1 Å². The molecule has 0 saturated heterocycles. The van der Waals surface area contributed by atoms with Crippen molar-refractivity contribution >= 4 is 130 Å². The molecule has 10 aromatic heterocycles. The maximum Gasteiger partial charge on any atom is 0.506 e. The third-order valence-electron chi connectivity index (χ3n) is 18.9. The summed E-state index contributed by atoms with van der Waals surface area (Å²) in [4.78, 5) is 49.0. The van der Waals surface area contributed by atoms with Crippen molar-refractivity contribution in [1.29, 1.82) is 0 Å². The highest BCUT2D eigenvalue weighted by Crippen LogP contribution is 2.39. The van der Waals surface area contributed by atoms with Crippen LogP contribution in [0.4, 0.5) is 13.6 Å². The molecule has 0 aliphatic carbocycles. The lowest BCUT2D eigenvalue weighted by molar-refractivity contribution is 0.0558. The number of H-pyrrole nitrogens is 2. The number of hydrogen-bond donors (Lipinski definition) is 6. The third-order valence-corrected chi connectivity index (χ3v) is 27.9. The van der Waals surface area contributed by atoms with Gasteiger partial charge >= 0.3 is 13.2 Å². The van der Waals surface area contributed by atoms with E-state index < -0.39 is 91.5 Å². The second-order valence-corrected chi connectivity index (χ2v) is 54.2. The summed E-state index contributed by atoms with van der Waals surface area (Å²) in [6.45, 7) is 32.3. The Labute approximate surface area is 681 Å². The minimum atomic E-state index is -3.97. The standard InChI is InChI=1S/C29H40FN5O5SSi.C18H18FN5O2S.C13H21BN2O3Si.C13H20N2OSi.C7H6N2.CH4/c1-28(2,3)40-27(36)32-26-33-29(4,18-41(37,38)34(26)5)22-16-20(11-12-23(22)30)24-17-21-10-9-13-31-25(21)35(24)19-39-14-15-42(6,7)8;1-18(10-27(25,26)24(2)17(20)23-18)13-8-11(5-6-14(13)19)15-9-12-4-3-7-21-16(12)22-15;1-20(2,3)8-7-19-10-16-12(14(17)18)9-11-5-4-6-15-13(11)16;1-17(2,3)10-9-16-11-15-8-6-12-5-4-7-14-13(12)15;1-2-6-3-5-9-7(6)8-4-1;/h9-13,16-17H,14-15,18-19H2,1-8H3,(H,32,33,36);3-9H,10H2,1-2H3,(H2,20,23)(H,21,22);4-6,9,17-18H,7-8,10H2,1-3H3;4-8H,9-11H2,1-3H3;1-5H,(H,8,9);1H4/t29-;18-;;;;/m00..../s1. The van der Waals surface area contributed by atoms with Crippen LogP contribution in [0.1, 0.15) is 53.2 Å². The van der Waals surface area contributed by atoms with Gasteiger partial charge in [-0.05, 0) is 191 Å². The number of alkyl carbamates (subject to hydrolysis) is 1. The molecule has 0 saturated carbocycles. The van der Waals surface area contributed by atoms with Crippen molar-refractivity contribution in [2.45, 2.75) is 156 Å². The molecule has 620 valence electrons. The van der Waals surface area contributed by atoms with Crippen LogP contribution in [-0.4, -0.2) is 184 Å². The van der Waals surface area contributed by atoms with Crippen LogP contribution >= 0.6 is 0 Å². The van der Waals surface area contributed by atoms with Crippen molar-refractivity contribution in [3.05, 3.63) is 194 Å². The van der Waals surface area contributed by atoms with Gasteiger partial charge in [-0.15, -0.1) is 0 Å². The fourth-order valence-electron chi connectivity index (χ4n) is 12.5. The van der Waals surface area contributed by atoms with Gasteiger partial charge in [0.25, 0.3) is 0 Å². The minimum absolute atomic E-state index is 0. The van der Waals surface area contributed by atoms with E-state index in [4.69, 9.17) is 24.7 Å². The van der Waals surface area contributed by atoms with Gasteiger partial charge in [0.15, 0.2) is 0 Å². The minimum Gasteiger partial charge on any atom is -0.444 e. The van der Waals surface area contributed by atoms with Crippen molar-refractivity contribution in [2.75, 3.05) is 45.4 Å². The second kappa shape index (κ2) is 37.2. The monoisotopic (exact) mass is 1680 g/mol. The fraction of sp³-hybridized carbons (Fsp3) is 0.383. The van der Waals surface area contributed by atoms with Crippen LogP contribution in [0, 0.1) is 11.6 Å². The molecule has 27 nitrogen and oxygen atoms in total. The predicted molar refractivity (Wildman–Crippen MR) is 467 cm³/mol. The van der Waals surface area contributed by atoms with Crippen LogP contribution in [0.15, 0.2) is 181 Å². The van der Waals surface area contributed by atoms with Crippen LogP contribution in [0.3, 0.4) is 0 Å². The normalized spacial score (nSPS) is 16.7. The zero-order chi connectivity index (χ0) is 83.6. The summed E-state index contributed by atoms with van der Waals surface area (Å²) < 4.78 is 112. The SMILES string of the molecule is C.CN1C(N)=N[C@](C)(c2cc(-c3cc4cccnc4[nH]3)ccc2F)CS1(=O)=O.CN1C(NC(=O)OC(C)(C)C)=N[C@](C)(c2cc(-c3cc4cccnc4n3COCC[Si](C)(C)C)ccc2F)CS1(=O)=O.C[Si](C)(C)CCOCn1c(B(O)O)cc2cccnc21.C[Si](C)(C)CCOCn1ccc2cccnc21.c1cnc2[nH]ccc2c1. The molecule has 2 aliphatic rings. The second-order valence-electron chi connectivity index (χ2n) is 33.4. The number of carbonyl (C=O) groups excluding carboxylic acids is 1. The molecule has 7 N–H and O–H groups in total. The lowest BCUT2D eigenvalue weighted by atomic mass is 9.86. The first-order chi connectivity index (χ1) is 54.0. The van der Waals surface area contributed by atoms with Gasteiger partial charge in [0.1, 0.15) is 76.7 Å². The summed E-state index contributed by atoms with van der Waals surface area (Å²) in [5.74, 6) is -2.44. The maximum atomic E-state index is 15.5. The molecule has 116 heavy (non-hydrogen) atoms. The maximum absolute atomic E-state index is 15.5. The molecule has 0 bridgehead atoms. The zero-order valence-corrected chi connectivity index (χ0v) is 72.7. The van der Waals surface area contributed by atoms with Crippen molar-refractivity contribution < 1.29 is 59.4 Å². The Hall–Kier alpha value is -9.82. The number of rotatable bonds is 20. The molecule has 0 spiro atoms. The number of carbonyl (C=O) groups is 1. The van der Waals surface area contributed by atoms with E-state index in [0.717, 1.165) is 77.2 Å². The molecule has 12 aromatic rings. The van der Waals surface area contributed by atoms with Crippen LogP contribution in [0.2, 0.25) is 77.1 Å². The predicted octanol–water partition coefficient (Wildman–Crippen LogP) is 14.3. The highest BCUT2D eigenvalue weighted by Gasteiger charge is 2.45. The topological polar surface area (TPSA) is 343 Å². The number of amides is 1. The number of fused-ring (bicyclic) bond motifs is 5. The third kappa shape index (κ3) is 23.5. The molecular weight excluding hydrogens is 1570 g/mol. The lowest BCUT2D eigenvalue weighted by Gasteiger charge is -2.36. The molecule has 14 rings (SSSR count). The van der Waals surface area contributed by atoms with Gasteiger partial charge in [0.05, 0.1) is 22.8 Å². The number of ether oxygens (including phenoxy) is 4. The summed E-state index contributed by atoms with van der Waals surface area (Å²) >= 11 is 0. The Balaban J connectivity index is 0.000000178. The quantitative estimate of drug-likeness (QED) is 0.0305. The van der Waals surface area contributed by atoms with E-state index in [2.05, 4.69) is 126 Å². The summed E-state index contributed by atoms with van der Waals surface area (Å²) in [6.07, 6.45) is 11.7. The zero-order valence-electron chi connectivity index (χ0n) is 68.1. The van der Waals surface area contributed by atoms with Crippen molar-refractivity contribution in [1.82, 2.24) is 62.5 Å². The van der Waals surface area contributed by atoms with Crippen molar-refractivity contribution in [2.24, 2.45) is 15.7 Å². The van der Waals surface area contributed by atoms with Gasteiger partial charge in [-0.25, -0.2) is 73.9 Å². The van der Waals surface area contributed by atoms with Crippen LogP contribution in [-0.2, 0) is 70.3 Å². The average Bonchev–Trinajstić information content (AvgIpc) is 1.57. The van der Waals surface area contributed by atoms with E-state index >= 15 is 4.39 Å². The largest absolute Gasteiger partial charge is 0.506 e. The first-order valence-electron chi connectivity index (χ1n) is 37.7. The molecule has 1 amide bonds. The molecule has 2 aromatic carbocycles. The molecule has 2 atom stereocenters. The van der Waals surface area contributed by atoms with E-state index in [-0.39, 0.29) is 49.7 Å². The van der Waals surface area contributed by atoms with Gasteiger partial charge in [0.2, 0.25) is 32.0 Å². The molecule has 12 heterocycles. The first kappa shape index (κ1) is 90.1. The number of aromatic nitrogens is 10. The number of nitrogens with zero attached hydrogens (tertiary/aromatic N) is 12. The number of benzene rings is 2. The van der Waals surface area contributed by atoms with Gasteiger partial charge in [-0.1, -0.05) is 66.3 Å². The summed E-state index contributed by atoms with van der Waals surface area (Å²) in [6, 6.07) is 41.3. The van der Waals surface area contributed by atoms with Gasteiger partial charge < -0.3 is 58.4 Å². The number of guanidine groups is 2.